The number of anilines is 2. The number of amides is 1. The summed E-state index contributed by atoms with van der Waals surface area (Å²) in [4.78, 5) is 21.7. The number of ether oxygens (including phenoxy) is 1. The van der Waals surface area contributed by atoms with Crippen LogP contribution >= 0.6 is 0 Å². The van der Waals surface area contributed by atoms with Crippen molar-refractivity contribution in [1.82, 2.24) is 5.32 Å². The van der Waals surface area contributed by atoms with Crippen molar-refractivity contribution in [3.05, 3.63) is 54.6 Å². The first-order chi connectivity index (χ1) is 10.6. The molecule has 0 bridgehead atoms. The molecule has 3 N–H and O–H groups in total. The summed E-state index contributed by atoms with van der Waals surface area (Å²) in [6.07, 6.45) is 0. The van der Waals surface area contributed by atoms with Crippen molar-refractivity contribution in [3.8, 4) is 5.75 Å². The predicted molar refractivity (Wildman–Crippen MR) is 82.3 cm³/mol. The molecule has 6 heteroatoms. The lowest BCUT2D eigenvalue weighted by Gasteiger charge is -2.09. The second kappa shape index (κ2) is 7.68. The van der Waals surface area contributed by atoms with Gasteiger partial charge in [0.05, 0.1) is 0 Å². The molecule has 0 fully saturated rings. The van der Waals surface area contributed by atoms with Gasteiger partial charge in [-0.05, 0) is 24.3 Å². The van der Waals surface area contributed by atoms with Crippen molar-refractivity contribution in [1.29, 1.82) is 0 Å². The van der Waals surface area contributed by atoms with E-state index in [1.807, 2.05) is 36.4 Å². The molecule has 0 aromatic heterocycles. The molecule has 1 amide bonds. The van der Waals surface area contributed by atoms with Crippen LogP contribution in [0.5, 0.6) is 5.75 Å². The van der Waals surface area contributed by atoms with Crippen LogP contribution in [0.1, 0.15) is 0 Å². The minimum atomic E-state index is -1.09. The molecule has 0 heterocycles. The Labute approximate surface area is 127 Å². The lowest BCUT2D eigenvalue weighted by molar-refractivity contribution is -0.138. The molecule has 0 atom stereocenters. The Morgan fingerprint density at radius 1 is 1.00 bits per heavy atom. The minimum Gasteiger partial charge on any atom is -0.484 e. The van der Waals surface area contributed by atoms with E-state index in [9.17, 15) is 9.59 Å². The van der Waals surface area contributed by atoms with Crippen LogP contribution in [0, 0.1) is 0 Å². The molecular formula is C16H16N2O4. The second-order valence-corrected chi connectivity index (χ2v) is 4.48. The highest BCUT2D eigenvalue weighted by molar-refractivity contribution is 5.82. The molecule has 2 aromatic rings. The number of hydrogen-bond donors (Lipinski definition) is 3. The van der Waals surface area contributed by atoms with Crippen molar-refractivity contribution in [2.24, 2.45) is 0 Å². The molecule has 114 valence electrons. The van der Waals surface area contributed by atoms with Gasteiger partial charge >= 0.3 is 5.97 Å². The summed E-state index contributed by atoms with van der Waals surface area (Å²) in [5.41, 5.74) is 1.77. The number of rotatable bonds is 7. The molecule has 0 aliphatic rings. The van der Waals surface area contributed by atoms with Gasteiger partial charge in [-0.25, -0.2) is 0 Å². The summed E-state index contributed by atoms with van der Waals surface area (Å²) < 4.78 is 5.33. The van der Waals surface area contributed by atoms with Crippen LogP contribution in [0.4, 0.5) is 11.4 Å². The lowest BCUT2D eigenvalue weighted by Crippen LogP contribution is -2.33. The van der Waals surface area contributed by atoms with Gasteiger partial charge in [0.15, 0.2) is 6.61 Å². The Morgan fingerprint density at radius 2 is 1.73 bits per heavy atom. The fraction of sp³-hybridized carbons (Fsp3) is 0.125. The molecule has 2 aromatic carbocycles. The molecule has 0 saturated carbocycles. The highest BCUT2D eigenvalue weighted by Crippen LogP contribution is 2.21. The molecule has 0 aliphatic heterocycles. The summed E-state index contributed by atoms with van der Waals surface area (Å²) in [5.74, 6) is -1.06. The van der Waals surface area contributed by atoms with Crippen molar-refractivity contribution < 1.29 is 19.4 Å². The molecule has 0 spiro atoms. The van der Waals surface area contributed by atoms with Gasteiger partial charge in [0.2, 0.25) is 0 Å². The number of carboxylic acids is 1. The molecule has 0 saturated heterocycles. The van der Waals surface area contributed by atoms with Crippen LogP contribution in [-0.2, 0) is 9.59 Å². The minimum absolute atomic E-state index is 0.234. The molecule has 0 radical (unpaired) electrons. The largest absolute Gasteiger partial charge is 0.484 e. The third-order valence-corrected chi connectivity index (χ3v) is 2.70. The number of carbonyl (C=O) groups excluding carboxylic acids is 1. The van der Waals surface area contributed by atoms with Gasteiger partial charge in [0.25, 0.3) is 5.91 Å². The van der Waals surface area contributed by atoms with Gasteiger partial charge in [0.1, 0.15) is 12.3 Å². The van der Waals surface area contributed by atoms with Crippen molar-refractivity contribution in [3.63, 3.8) is 0 Å². The maximum Gasteiger partial charge on any atom is 0.322 e. The van der Waals surface area contributed by atoms with Crippen LogP contribution in [0.25, 0.3) is 0 Å². The Hall–Kier alpha value is -3.02. The van der Waals surface area contributed by atoms with Crippen LogP contribution in [0.15, 0.2) is 54.6 Å². The first kappa shape index (κ1) is 15.4. The molecule has 22 heavy (non-hydrogen) atoms. The molecule has 0 unspecified atom stereocenters. The number of para-hydroxylation sites is 1. The molecule has 0 aliphatic carbocycles. The Bertz CT molecular complexity index is 644. The molecule has 2 rings (SSSR count). The number of benzene rings is 2. The standard InChI is InChI=1S/C16H16N2O4/c19-15(17-10-16(20)21)11-22-14-8-4-7-13(9-14)18-12-5-2-1-3-6-12/h1-9,18H,10-11H2,(H,17,19)(H,20,21). The molecule has 6 nitrogen and oxygen atoms in total. The second-order valence-electron chi connectivity index (χ2n) is 4.48. The van der Waals surface area contributed by atoms with E-state index in [1.165, 1.54) is 0 Å². The highest BCUT2D eigenvalue weighted by Gasteiger charge is 2.05. The third kappa shape index (κ3) is 5.16. The van der Waals surface area contributed by atoms with Crippen LogP contribution in [0.3, 0.4) is 0 Å². The Balaban J connectivity index is 1.89. The van der Waals surface area contributed by atoms with Gasteiger partial charge in [0, 0.05) is 17.4 Å². The fourth-order valence-electron chi connectivity index (χ4n) is 1.73. The highest BCUT2D eigenvalue weighted by atomic mass is 16.5. The topological polar surface area (TPSA) is 87.7 Å². The van der Waals surface area contributed by atoms with Crippen molar-refractivity contribution in [2.75, 3.05) is 18.5 Å². The van der Waals surface area contributed by atoms with E-state index in [1.54, 1.807) is 18.2 Å². The lowest BCUT2D eigenvalue weighted by atomic mass is 10.2. The normalized spacial score (nSPS) is 9.82. The zero-order chi connectivity index (χ0) is 15.8. The number of hydrogen-bond acceptors (Lipinski definition) is 4. The predicted octanol–water partition coefficient (Wildman–Crippen LogP) is 2.01. The summed E-state index contributed by atoms with van der Waals surface area (Å²) >= 11 is 0. The maximum atomic E-state index is 11.4. The van der Waals surface area contributed by atoms with Gasteiger partial charge in [-0.1, -0.05) is 24.3 Å². The quantitative estimate of drug-likeness (QED) is 0.728. The van der Waals surface area contributed by atoms with E-state index in [0.717, 1.165) is 11.4 Å². The zero-order valence-electron chi connectivity index (χ0n) is 11.8. The van der Waals surface area contributed by atoms with Crippen LogP contribution < -0.4 is 15.4 Å². The van der Waals surface area contributed by atoms with Gasteiger partial charge in [-0.2, -0.15) is 0 Å². The fourth-order valence-corrected chi connectivity index (χ4v) is 1.73. The van der Waals surface area contributed by atoms with E-state index >= 15 is 0 Å². The van der Waals surface area contributed by atoms with Gasteiger partial charge < -0.3 is 20.5 Å². The SMILES string of the molecule is O=C(O)CNC(=O)COc1cccc(Nc2ccccc2)c1. The Morgan fingerprint density at radius 3 is 2.45 bits per heavy atom. The summed E-state index contributed by atoms with van der Waals surface area (Å²) in [5, 5.41) is 13.9. The van der Waals surface area contributed by atoms with E-state index in [4.69, 9.17) is 9.84 Å². The summed E-state index contributed by atoms with van der Waals surface area (Å²) in [6.45, 7) is -0.653. The van der Waals surface area contributed by atoms with Crippen molar-refractivity contribution >= 4 is 23.3 Å². The first-order valence-corrected chi connectivity index (χ1v) is 6.67. The molecular weight excluding hydrogens is 284 g/mol. The maximum absolute atomic E-state index is 11.4. The zero-order valence-corrected chi connectivity index (χ0v) is 11.8. The van der Waals surface area contributed by atoms with Crippen LogP contribution in [0.2, 0.25) is 0 Å². The average molecular weight is 300 g/mol. The Kier molecular flexibility index (Phi) is 5.37. The van der Waals surface area contributed by atoms with Gasteiger partial charge in [-0.3, -0.25) is 9.59 Å². The van der Waals surface area contributed by atoms with E-state index in [0.29, 0.717) is 5.75 Å². The smallest absolute Gasteiger partial charge is 0.322 e. The number of carbonyl (C=O) groups is 2. The van der Waals surface area contributed by atoms with E-state index in [2.05, 4.69) is 10.6 Å². The number of carboxylic acid groups (broad SMARTS) is 1. The average Bonchev–Trinajstić information content (AvgIpc) is 2.52. The van der Waals surface area contributed by atoms with E-state index in [-0.39, 0.29) is 6.61 Å². The summed E-state index contributed by atoms with van der Waals surface area (Å²) in [7, 11) is 0. The number of nitrogens with one attached hydrogen (secondary N) is 2. The van der Waals surface area contributed by atoms with E-state index < -0.39 is 18.4 Å². The van der Waals surface area contributed by atoms with Gasteiger partial charge in [-0.15, -0.1) is 0 Å². The monoisotopic (exact) mass is 300 g/mol. The summed E-state index contributed by atoms with van der Waals surface area (Å²) in [6, 6.07) is 16.8. The van der Waals surface area contributed by atoms with Crippen LogP contribution in [-0.4, -0.2) is 30.1 Å². The number of aliphatic carboxylic acids is 1. The van der Waals surface area contributed by atoms with Crippen molar-refractivity contribution in [2.45, 2.75) is 0 Å². The third-order valence-electron chi connectivity index (χ3n) is 2.70. The first-order valence-electron chi connectivity index (χ1n) is 6.67.